The summed E-state index contributed by atoms with van der Waals surface area (Å²) < 4.78 is 47.1. The fourth-order valence-electron chi connectivity index (χ4n) is 3.53. The number of ether oxygens (including phenoxy) is 1. The van der Waals surface area contributed by atoms with Crippen LogP contribution in [-0.4, -0.2) is 43.0 Å². The SMILES string of the molecule is C/C=c1/ccc(S(=O)(=O)N(CCOc2ccc(F)cc2)[C@@H](C(=O)NO)C(C)C)c/c1=C/CC. The summed E-state index contributed by atoms with van der Waals surface area (Å²) in [7, 11) is -4.14. The summed E-state index contributed by atoms with van der Waals surface area (Å²) in [5.74, 6) is -1.33. The summed E-state index contributed by atoms with van der Waals surface area (Å²) in [6.45, 7) is 6.96. The normalized spacial score (nSPS) is 14.1. The maximum Gasteiger partial charge on any atom is 0.262 e. The highest BCUT2D eigenvalue weighted by Crippen LogP contribution is 2.22. The molecule has 0 aliphatic heterocycles. The van der Waals surface area contributed by atoms with Gasteiger partial charge >= 0.3 is 0 Å². The predicted octanol–water partition coefficient (Wildman–Crippen LogP) is 2.42. The summed E-state index contributed by atoms with van der Waals surface area (Å²) in [6.07, 6.45) is 4.54. The summed E-state index contributed by atoms with van der Waals surface area (Å²) >= 11 is 0. The molecule has 2 N–H and O–H groups in total. The van der Waals surface area contributed by atoms with Gasteiger partial charge in [0.2, 0.25) is 10.0 Å². The first-order valence-corrected chi connectivity index (χ1v) is 12.2. The molecule has 7 nitrogen and oxygen atoms in total. The van der Waals surface area contributed by atoms with Gasteiger partial charge in [-0.3, -0.25) is 10.0 Å². The summed E-state index contributed by atoms with van der Waals surface area (Å²) in [5, 5.41) is 10.9. The zero-order valence-corrected chi connectivity index (χ0v) is 20.1. The van der Waals surface area contributed by atoms with Crippen LogP contribution in [0.2, 0.25) is 0 Å². The van der Waals surface area contributed by atoms with Crippen molar-refractivity contribution in [1.82, 2.24) is 9.79 Å². The number of benzene rings is 2. The maximum absolute atomic E-state index is 13.7. The number of carbonyl (C=O) groups excluding carboxylic acids is 1. The van der Waals surface area contributed by atoms with Crippen LogP contribution < -0.4 is 20.7 Å². The number of halogens is 1. The average Bonchev–Trinajstić information content (AvgIpc) is 2.79. The Balaban J connectivity index is 2.48. The second-order valence-electron chi connectivity index (χ2n) is 7.77. The highest BCUT2D eigenvalue weighted by atomic mass is 32.2. The highest BCUT2D eigenvalue weighted by molar-refractivity contribution is 7.89. The summed E-state index contributed by atoms with van der Waals surface area (Å²) in [5.41, 5.74) is 1.58. The third kappa shape index (κ3) is 6.63. The zero-order chi connectivity index (χ0) is 24.6. The highest BCUT2D eigenvalue weighted by Gasteiger charge is 2.37. The van der Waals surface area contributed by atoms with Gasteiger partial charge in [0.15, 0.2) is 0 Å². The van der Waals surface area contributed by atoms with Gasteiger partial charge in [0.25, 0.3) is 5.91 Å². The first-order valence-electron chi connectivity index (χ1n) is 10.8. The molecule has 0 radical (unpaired) electrons. The molecule has 9 heteroatoms. The van der Waals surface area contributed by atoms with Gasteiger partial charge in [0.1, 0.15) is 24.2 Å². The lowest BCUT2D eigenvalue weighted by Crippen LogP contribution is -2.53. The minimum atomic E-state index is -4.14. The van der Waals surface area contributed by atoms with Crippen LogP contribution in [0.25, 0.3) is 12.2 Å². The van der Waals surface area contributed by atoms with Crippen LogP contribution in [0, 0.1) is 11.7 Å². The Morgan fingerprint density at radius 1 is 1.18 bits per heavy atom. The molecule has 0 heterocycles. The predicted molar refractivity (Wildman–Crippen MR) is 125 cm³/mol. The number of amides is 1. The quantitative estimate of drug-likeness (QED) is 0.404. The first kappa shape index (κ1) is 26.5. The van der Waals surface area contributed by atoms with Gasteiger partial charge in [0.05, 0.1) is 4.90 Å². The van der Waals surface area contributed by atoms with Crippen LogP contribution in [-0.2, 0) is 14.8 Å². The third-order valence-corrected chi connectivity index (χ3v) is 6.99. The van der Waals surface area contributed by atoms with E-state index in [2.05, 4.69) is 0 Å². The molecule has 0 aliphatic rings. The van der Waals surface area contributed by atoms with E-state index in [1.807, 2.05) is 26.0 Å². The van der Waals surface area contributed by atoms with Gasteiger partial charge in [-0.2, -0.15) is 4.31 Å². The van der Waals surface area contributed by atoms with Crippen molar-refractivity contribution in [2.24, 2.45) is 5.92 Å². The Morgan fingerprint density at radius 3 is 2.39 bits per heavy atom. The van der Waals surface area contributed by atoms with E-state index in [1.165, 1.54) is 30.3 Å². The number of nitrogens with zero attached hydrogens (tertiary/aromatic N) is 1. The molecule has 0 saturated carbocycles. The van der Waals surface area contributed by atoms with E-state index in [0.29, 0.717) is 5.75 Å². The molecule has 1 amide bonds. The van der Waals surface area contributed by atoms with Crippen molar-refractivity contribution < 1.29 is 27.5 Å². The number of hydroxylamine groups is 1. The van der Waals surface area contributed by atoms with Crippen molar-refractivity contribution in [3.05, 3.63) is 58.7 Å². The maximum atomic E-state index is 13.7. The molecule has 0 aromatic heterocycles. The second kappa shape index (κ2) is 11.9. The fraction of sp³-hybridized carbons (Fsp3) is 0.375. The standard InChI is InChI=1S/C24H31FN2O5S/c1-5-7-19-16-22(13-8-18(19)6-2)33(30,31)27(23(17(3)4)24(28)26-29)14-15-32-21-11-9-20(25)10-12-21/h6-13,16-17,23,29H,5,14-15H2,1-4H3,(H,26,28)/b18-6-,19-7-/t23-/m1/s1. The Hall–Kier alpha value is -2.75. The minimum absolute atomic E-state index is 0.0333. The summed E-state index contributed by atoms with van der Waals surface area (Å²) in [6, 6.07) is 8.96. The van der Waals surface area contributed by atoms with E-state index in [9.17, 15) is 22.8 Å². The molecule has 0 aliphatic carbocycles. The molecule has 0 fully saturated rings. The first-order chi connectivity index (χ1) is 15.6. The molecule has 0 spiro atoms. The number of hydrogen-bond acceptors (Lipinski definition) is 5. The number of rotatable bonds is 10. The molecule has 180 valence electrons. The van der Waals surface area contributed by atoms with Gasteiger partial charge < -0.3 is 4.74 Å². The topological polar surface area (TPSA) is 95.9 Å². The lowest BCUT2D eigenvalue weighted by Gasteiger charge is -2.31. The lowest BCUT2D eigenvalue weighted by atomic mass is 10.0. The number of carbonyl (C=O) groups is 1. The lowest BCUT2D eigenvalue weighted by molar-refractivity contribution is -0.134. The van der Waals surface area contributed by atoms with Crippen molar-refractivity contribution in [2.45, 2.75) is 45.1 Å². The fourth-order valence-corrected chi connectivity index (χ4v) is 5.27. The van der Waals surface area contributed by atoms with Gasteiger partial charge in [-0.15, -0.1) is 0 Å². The molecule has 0 saturated heterocycles. The van der Waals surface area contributed by atoms with Crippen LogP contribution in [0.4, 0.5) is 4.39 Å². The third-order valence-electron chi connectivity index (χ3n) is 5.11. The largest absolute Gasteiger partial charge is 0.492 e. The van der Waals surface area contributed by atoms with Crippen molar-refractivity contribution in [1.29, 1.82) is 0 Å². The van der Waals surface area contributed by atoms with Crippen LogP contribution >= 0.6 is 0 Å². The van der Waals surface area contributed by atoms with E-state index >= 15 is 0 Å². The van der Waals surface area contributed by atoms with Crippen molar-refractivity contribution in [3.8, 4) is 5.75 Å². The Morgan fingerprint density at radius 2 is 1.85 bits per heavy atom. The Bertz CT molecular complexity index is 1160. The van der Waals surface area contributed by atoms with E-state index in [4.69, 9.17) is 4.74 Å². The molecule has 2 rings (SSSR count). The van der Waals surface area contributed by atoms with Crippen molar-refractivity contribution in [2.75, 3.05) is 13.2 Å². The monoisotopic (exact) mass is 478 g/mol. The molecular weight excluding hydrogens is 447 g/mol. The van der Waals surface area contributed by atoms with Gasteiger partial charge in [-0.25, -0.2) is 18.3 Å². The number of nitrogens with one attached hydrogen (secondary N) is 1. The molecule has 0 unspecified atom stereocenters. The number of hydrogen-bond donors (Lipinski definition) is 2. The molecular formula is C24H31FN2O5S. The smallest absolute Gasteiger partial charge is 0.262 e. The molecule has 0 bridgehead atoms. The van der Waals surface area contributed by atoms with Crippen LogP contribution in [0.3, 0.4) is 0 Å². The van der Waals surface area contributed by atoms with Crippen molar-refractivity contribution in [3.63, 3.8) is 0 Å². The summed E-state index contributed by atoms with van der Waals surface area (Å²) in [4.78, 5) is 12.5. The van der Waals surface area contributed by atoms with Crippen LogP contribution in [0.5, 0.6) is 5.75 Å². The zero-order valence-electron chi connectivity index (χ0n) is 19.3. The van der Waals surface area contributed by atoms with E-state index in [0.717, 1.165) is 21.2 Å². The van der Waals surface area contributed by atoms with Crippen LogP contribution in [0.15, 0.2) is 47.4 Å². The molecule has 2 aromatic carbocycles. The number of sulfonamides is 1. The van der Waals surface area contributed by atoms with Gasteiger partial charge in [-0.1, -0.05) is 39.0 Å². The van der Waals surface area contributed by atoms with E-state index < -0.39 is 33.7 Å². The molecule has 1 atom stereocenters. The average molecular weight is 479 g/mol. The van der Waals surface area contributed by atoms with Gasteiger partial charge in [-0.05, 0) is 66.1 Å². The van der Waals surface area contributed by atoms with Crippen LogP contribution in [0.1, 0.15) is 34.1 Å². The van der Waals surface area contributed by atoms with Crippen molar-refractivity contribution >= 4 is 28.1 Å². The minimum Gasteiger partial charge on any atom is -0.492 e. The molecule has 33 heavy (non-hydrogen) atoms. The second-order valence-corrected chi connectivity index (χ2v) is 9.67. The van der Waals surface area contributed by atoms with Gasteiger partial charge in [0, 0.05) is 6.54 Å². The molecule has 2 aromatic rings. The Kier molecular flexibility index (Phi) is 9.57. The van der Waals surface area contributed by atoms with E-state index in [-0.39, 0.29) is 18.0 Å². The van der Waals surface area contributed by atoms with E-state index in [1.54, 1.807) is 31.5 Å². The Labute approximate surface area is 194 Å².